The Hall–Kier alpha value is -2.30. The van der Waals surface area contributed by atoms with Crippen LogP contribution in [-0.2, 0) is 32.7 Å². The maximum absolute atomic E-state index is 12.3. The number of phosphoric acid groups is 1. The standard InChI is InChI=1S/C45H82NO10P/c1-3-5-7-9-11-13-15-17-18-19-20-21-22-23-25-27-29-31-33-35-37-44(49)54-38-41(47)39-55-57(52,53)56-40-42(45(50)51)46-43(48)36-34-32-30-28-26-24-16-14-12-10-8-6-4-2/h6,8,12,14,24,26,41-42,47H,3-5,7,9-11,13,15-23,25,27-40H2,1-2H3,(H,46,48)(H,50,51)(H,52,53)/b8-6-,14-12-,26-24-. The maximum atomic E-state index is 12.3. The van der Waals surface area contributed by atoms with Crippen LogP contribution in [0.2, 0.25) is 0 Å². The van der Waals surface area contributed by atoms with Gasteiger partial charge in [-0.25, -0.2) is 9.36 Å². The van der Waals surface area contributed by atoms with E-state index >= 15 is 0 Å². The molecule has 0 aromatic heterocycles. The van der Waals surface area contributed by atoms with Gasteiger partial charge in [0.2, 0.25) is 5.91 Å². The number of aliphatic hydroxyl groups is 1. The molecule has 0 bridgehead atoms. The summed E-state index contributed by atoms with van der Waals surface area (Å²) in [5.74, 6) is -2.41. The van der Waals surface area contributed by atoms with Crippen LogP contribution in [0.15, 0.2) is 36.5 Å². The number of phosphoric ester groups is 1. The average Bonchev–Trinajstić information content (AvgIpc) is 3.18. The predicted molar refractivity (Wildman–Crippen MR) is 231 cm³/mol. The highest BCUT2D eigenvalue weighted by Crippen LogP contribution is 2.43. The predicted octanol–water partition coefficient (Wildman–Crippen LogP) is 11.6. The Balaban J connectivity index is 3.85. The quantitative estimate of drug-likeness (QED) is 0.0201. The lowest BCUT2D eigenvalue weighted by molar-refractivity contribution is -0.147. The first-order chi connectivity index (χ1) is 27.6. The number of carboxylic acid groups (broad SMARTS) is 1. The Morgan fingerprint density at radius 2 is 1.02 bits per heavy atom. The topological polar surface area (TPSA) is 169 Å². The van der Waals surface area contributed by atoms with Crippen LogP contribution in [0.25, 0.3) is 0 Å². The van der Waals surface area contributed by atoms with E-state index in [2.05, 4.69) is 55.6 Å². The molecule has 0 fully saturated rings. The molecule has 12 heteroatoms. The first kappa shape index (κ1) is 54.7. The number of hydrogen-bond acceptors (Lipinski definition) is 8. The lowest BCUT2D eigenvalue weighted by Gasteiger charge is -2.18. The number of amides is 1. The second kappa shape index (κ2) is 40.5. The van der Waals surface area contributed by atoms with Gasteiger partial charge >= 0.3 is 19.8 Å². The van der Waals surface area contributed by atoms with Crippen molar-refractivity contribution in [1.82, 2.24) is 5.32 Å². The van der Waals surface area contributed by atoms with Crippen LogP contribution in [0.5, 0.6) is 0 Å². The van der Waals surface area contributed by atoms with Gasteiger partial charge in [-0.2, -0.15) is 0 Å². The summed E-state index contributed by atoms with van der Waals surface area (Å²) >= 11 is 0. The molecule has 0 heterocycles. The second-order valence-electron chi connectivity index (χ2n) is 15.2. The summed E-state index contributed by atoms with van der Waals surface area (Å²) < 4.78 is 26.8. The number of aliphatic carboxylic acids is 1. The monoisotopic (exact) mass is 828 g/mol. The number of aliphatic hydroxyl groups excluding tert-OH is 1. The highest BCUT2D eigenvalue weighted by atomic mass is 31.2. The van der Waals surface area contributed by atoms with Crippen LogP contribution >= 0.6 is 7.82 Å². The number of carbonyl (C=O) groups is 3. The molecule has 3 atom stereocenters. The molecule has 332 valence electrons. The number of ether oxygens (including phenoxy) is 1. The third-order valence-electron chi connectivity index (χ3n) is 9.69. The molecule has 0 aliphatic carbocycles. The summed E-state index contributed by atoms with van der Waals surface area (Å²) in [6, 6.07) is -1.56. The lowest BCUT2D eigenvalue weighted by atomic mass is 10.0. The Morgan fingerprint density at radius 3 is 1.53 bits per heavy atom. The van der Waals surface area contributed by atoms with Gasteiger partial charge in [0.05, 0.1) is 13.2 Å². The minimum atomic E-state index is -4.76. The van der Waals surface area contributed by atoms with E-state index in [1.54, 1.807) is 0 Å². The van der Waals surface area contributed by atoms with Crippen molar-refractivity contribution in [3.63, 3.8) is 0 Å². The summed E-state index contributed by atoms with van der Waals surface area (Å²) in [5, 5.41) is 21.8. The molecule has 1 amide bonds. The molecule has 0 radical (unpaired) electrons. The molecule has 11 nitrogen and oxygen atoms in total. The fourth-order valence-corrected chi connectivity index (χ4v) is 6.98. The van der Waals surface area contributed by atoms with Gasteiger partial charge in [0, 0.05) is 12.8 Å². The van der Waals surface area contributed by atoms with E-state index < -0.39 is 57.6 Å². The Morgan fingerprint density at radius 1 is 0.579 bits per heavy atom. The number of allylic oxidation sites excluding steroid dienone is 6. The van der Waals surface area contributed by atoms with Crippen LogP contribution in [0.4, 0.5) is 0 Å². The van der Waals surface area contributed by atoms with Crippen molar-refractivity contribution in [1.29, 1.82) is 0 Å². The zero-order valence-corrected chi connectivity index (χ0v) is 36.8. The first-order valence-corrected chi connectivity index (χ1v) is 24.0. The molecule has 0 saturated carbocycles. The Bertz CT molecular complexity index is 1110. The van der Waals surface area contributed by atoms with Crippen molar-refractivity contribution >= 4 is 25.7 Å². The highest BCUT2D eigenvalue weighted by molar-refractivity contribution is 7.47. The fourth-order valence-electron chi connectivity index (χ4n) is 6.21. The number of unbranched alkanes of at least 4 members (excludes halogenated alkanes) is 22. The van der Waals surface area contributed by atoms with Gasteiger partial charge in [-0.3, -0.25) is 18.6 Å². The van der Waals surface area contributed by atoms with Gasteiger partial charge in [0.1, 0.15) is 12.7 Å². The zero-order valence-electron chi connectivity index (χ0n) is 35.9. The minimum absolute atomic E-state index is 0.110. The molecule has 0 aliphatic heterocycles. The first-order valence-electron chi connectivity index (χ1n) is 22.5. The van der Waals surface area contributed by atoms with Crippen LogP contribution in [0.3, 0.4) is 0 Å². The molecule has 0 rings (SSSR count). The van der Waals surface area contributed by atoms with Crippen molar-refractivity contribution in [2.24, 2.45) is 0 Å². The molecule has 0 aromatic rings. The number of rotatable bonds is 42. The maximum Gasteiger partial charge on any atom is 0.472 e. The molecular weight excluding hydrogens is 745 g/mol. The Labute approximate surface area is 346 Å². The van der Waals surface area contributed by atoms with Crippen molar-refractivity contribution in [3.05, 3.63) is 36.5 Å². The third-order valence-corrected chi connectivity index (χ3v) is 10.6. The van der Waals surface area contributed by atoms with E-state index in [0.29, 0.717) is 12.8 Å². The fraction of sp³-hybridized carbons (Fsp3) is 0.800. The number of carboxylic acids is 1. The molecule has 0 saturated heterocycles. The molecule has 3 unspecified atom stereocenters. The van der Waals surface area contributed by atoms with E-state index in [1.165, 1.54) is 103 Å². The van der Waals surface area contributed by atoms with Crippen molar-refractivity contribution < 1.29 is 47.8 Å². The molecule has 57 heavy (non-hydrogen) atoms. The van der Waals surface area contributed by atoms with E-state index in [0.717, 1.165) is 57.8 Å². The number of hydrogen-bond donors (Lipinski definition) is 4. The van der Waals surface area contributed by atoms with E-state index in [-0.39, 0.29) is 12.8 Å². The van der Waals surface area contributed by atoms with Crippen LogP contribution in [-0.4, -0.2) is 64.9 Å². The number of carbonyl (C=O) groups excluding carboxylic acids is 2. The zero-order chi connectivity index (χ0) is 42.1. The molecular formula is C45H82NO10P. The van der Waals surface area contributed by atoms with E-state index in [1.807, 2.05) is 0 Å². The van der Waals surface area contributed by atoms with Crippen molar-refractivity contribution in [3.8, 4) is 0 Å². The van der Waals surface area contributed by atoms with Gasteiger partial charge in [0.25, 0.3) is 0 Å². The summed E-state index contributed by atoms with van der Waals surface area (Å²) in [5.41, 5.74) is 0. The second-order valence-corrected chi connectivity index (χ2v) is 16.7. The summed E-state index contributed by atoms with van der Waals surface area (Å²) in [6.45, 7) is 2.47. The van der Waals surface area contributed by atoms with Crippen molar-refractivity contribution in [2.45, 2.75) is 212 Å². The van der Waals surface area contributed by atoms with Gasteiger partial charge in [-0.1, -0.05) is 179 Å². The smallest absolute Gasteiger partial charge is 0.472 e. The van der Waals surface area contributed by atoms with Crippen LogP contribution in [0.1, 0.15) is 200 Å². The van der Waals surface area contributed by atoms with Gasteiger partial charge in [-0.15, -0.1) is 0 Å². The lowest BCUT2D eigenvalue weighted by Crippen LogP contribution is -2.43. The van der Waals surface area contributed by atoms with Crippen LogP contribution < -0.4 is 5.32 Å². The summed E-state index contributed by atoms with van der Waals surface area (Å²) in [7, 11) is -4.76. The Kier molecular flexibility index (Phi) is 38.8. The largest absolute Gasteiger partial charge is 0.480 e. The average molecular weight is 828 g/mol. The minimum Gasteiger partial charge on any atom is -0.480 e. The van der Waals surface area contributed by atoms with E-state index in [4.69, 9.17) is 13.8 Å². The number of nitrogens with one attached hydrogen (secondary N) is 1. The molecule has 0 aromatic carbocycles. The van der Waals surface area contributed by atoms with Crippen LogP contribution in [0, 0.1) is 0 Å². The third kappa shape index (κ3) is 40.3. The van der Waals surface area contributed by atoms with E-state index in [9.17, 15) is 34.1 Å². The van der Waals surface area contributed by atoms with Gasteiger partial charge in [-0.05, 0) is 44.9 Å². The molecule has 0 aliphatic rings. The molecule has 4 N–H and O–H groups in total. The van der Waals surface area contributed by atoms with Gasteiger partial charge < -0.3 is 25.2 Å². The SMILES string of the molecule is CC/C=C\C/C=C\C/C=C\CCCCCC(=O)NC(COP(=O)(O)OCC(O)COC(=O)CCCCCCCCCCCCCCCCCCCCCC)C(=O)O. The summed E-state index contributed by atoms with van der Waals surface area (Å²) in [4.78, 5) is 45.9. The van der Waals surface area contributed by atoms with Gasteiger partial charge in [0.15, 0.2) is 6.04 Å². The number of esters is 1. The normalized spacial score (nSPS) is 14.0. The van der Waals surface area contributed by atoms with Crippen molar-refractivity contribution in [2.75, 3.05) is 19.8 Å². The summed E-state index contributed by atoms with van der Waals surface area (Å²) in [6.07, 6.45) is 43.3. The highest BCUT2D eigenvalue weighted by Gasteiger charge is 2.28. The molecule has 0 spiro atoms.